The maximum atomic E-state index is 4.85. The minimum Gasteiger partial charge on any atom is -0.352 e. The van der Waals surface area contributed by atoms with Gasteiger partial charge in [0.2, 0.25) is 0 Å². The van der Waals surface area contributed by atoms with Crippen molar-refractivity contribution in [3.05, 3.63) is 47.5 Å². The minimum absolute atomic E-state index is 0. The van der Waals surface area contributed by atoms with Gasteiger partial charge in [0.25, 0.3) is 0 Å². The van der Waals surface area contributed by atoms with Gasteiger partial charge in [-0.3, -0.25) is 4.90 Å². The van der Waals surface area contributed by atoms with E-state index in [1.54, 1.807) is 0 Å². The zero-order valence-electron chi connectivity index (χ0n) is 18.0. The van der Waals surface area contributed by atoms with E-state index >= 15 is 0 Å². The lowest BCUT2D eigenvalue weighted by Gasteiger charge is -2.24. The molecule has 2 heterocycles. The zero-order chi connectivity index (χ0) is 20.1. The maximum Gasteiger partial charge on any atom is 0.192 e. The highest BCUT2D eigenvalue weighted by molar-refractivity contribution is 14.0. The Morgan fingerprint density at radius 3 is 2.60 bits per heavy atom. The van der Waals surface area contributed by atoms with Crippen molar-refractivity contribution in [1.82, 2.24) is 30.3 Å². The Bertz CT molecular complexity index is 814. The molecule has 4 rings (SSSR count). The van der Waals surface area contributed by atoms with Crippen LogP contribution in [0, 0.1) is 6.92 Å². The lowest BCUT2D eigenvalue weighted by Crippen LogP contribution is -2.45. The fourth-order valence-corrected chi connectivity index (χ4v) is 4.37. The molecule has 1 aliphatic heterocycles. The summed E-state index contributed by atoms with van der Waals surface area (Å²) in [5.41, 5.74) is 1.21. The smallest absolute Gasteiger partial charge is 0.192 e. The monoisotopic (exact) mass is 523 g/mol. The van der Waals surface area contributed by atoms with Crippen LogP contribution in [-0.4, -0.2) is 50.8 Å². The van der Waals surface area contributed by atoms with Gasteiger partial charge >= 0.3 is 0 Å². The van der Waals surface area contributed by atoms with Gasteiger partial charge in [0, 0.05) is 32.2 Å². The Kier molecular flexibility index (Phi) is 8.50. The van der Waals surface area contributed by atoms with Gasteiger partial charge in [-0.15, -0.1) is 34.2 Å². The highest BCUT2D eigenvalue weighted by Crippen LogP contribution is 2.26. The normalized spacial score (nSPS) is 20.3. The fraction of sp³-hybridized carbons (Fsp3) is 0.591. The van der Waals surface area contributed by atoms with E-state index < -0.39 is 0 Å². The summed E-state index contributed by atoms with van der Waals surface area (Å²) in [5, 5.41) is 15.6. The molecule has 0 bridgehead atoms. The van der Waals surface area contributed by atoms with Crippen molar-refractivity contribution in [2.75, 3.05) is 13.1 Å². The van der Waals surface area contributed by atoms with Gasteiger partial charge in [-0.2, -0.15) is 0 Å². The van der Waals surface area contributed by atoms with Crippen LogP contribution in [0.15, 0.2) is 35.3 Å². The van der Waals surface area contributed by atoms with Crippen molar-refractivity contribution in [3.8, 4) is 0 Å². The Labute approximate surface area is 196 Å². The van der Waals surface area contributed by atoms with Crippen molar-refractivity contribution in [1.29, 1.82) is 0 Å². The van der Waals surface area contributed by atoms with E-state index in [-0.39, 0.29) is 24.0 Å². The van der Waals surface area contributed by atoms with Crippen LogP contribution < -0.4 is 10.6 Å². The van der Waals surface area contributed by atoms with Crippen LogP contribution in [0.1, 0.15) is 49.3 Å². The number of aromatic nitrogens is 3. The van der Waals surface area contributed by atoms with Crippen LogP contribution >= 0.6 is 24.0 Å². The van der Waals surface area contributed by atoms with E-state index in [0.29, 0.717) is 19.1 Å². The van der Waals surface area contributed by atoms with Gasteiger partial charge in [-0.1, -0.05) is 43.2 Å². The van der Waals surface area contributed by atoms with Crippen LogP contribution in [-0.2, 0) is 20.1 Å². The van der Waals surface area contributed by atoms with E-state index in [4.69, 9.17) is 4.99 Å². The van der Waals surface area contributed by atoms with Crippen molar-refractivity contribution in [2.24, 2.45) is 12.0 Å². The predicted octanol–water partition coefficient (Wildman–Crippen LogP) is 2.99. The zero-order valence-corrected chi connectivity index (χ0v) is 20.4. The largest absolute Gasteiger partial charge is 0.352 e. The molecule has 1 atom stereocenters. The number of nitrogens with zero attached hydrogens (tertiary/aromatic N) is 5. The molecule has 1 saturated carbocycles. The molecule has 164 valence electrons. The second-order valence-corrected chi connectivity index (χ2v) is 8.29. The van der Waals surface area contributed by atoms with Crippen molar-refractivity contribution < 1.29 is 0 Å². The Morgan fingerprint density at radius 2 is 1.90 bits per heavy atom. The van der Waals surface area contributed by atoms with E-state index in [1.165, 1.54) is 44.2 Å². The molecular weight excluding hydrogens is 489 g/mol. The summed E-state index contributed by atoms with van der Waals surface area (Å²) >= 11 is 0. The van der Waals surface area contributed by atoms with Gasteiger partial charge in [-0.05, 0) is 31.7 Å². The third-order valence-electron chi connectivity index (χ3n) is 6.26. The first-order valence-corrected chi connectivity index (χ1v) is 10.9. The number of aliphatic imine (C=N–C) groups is 1. The predicted molar refractivity (Wildman–Crippen MR) is 131 cm³/mol. The molecule has 0 spiro atoms. The van der Waals surface area contributed by atoms with Crippen molar-refractivity contribution >= 4 is 29.9 Å². The average molecular weight is 523 g/mol. The van der Waals surface area contributed by atoms with E-state index in [0.717, 1.165) is 30.2 Å². The van der Waals surface area contributed by atoms with Crippen LogP contribution in [0.25, 0.3) is 0 Å². The second kappa shape index (κ2) is 11.1. The Morgan fingerprint density at radius 1 is 1.13 bits per heavy atom. The lowest BCUT2D eigenvalue weighted by atomic mass is 10.2. The van der Waals surface area contributed by atoms with E-state index in [9.17, 15) is 0 Å². The molecule has 0 amide bonds. The number of likely N-dealkylation sites (tertiary alicyclic amines) is 1. The van der Waals surface area contributed by atoms with Crippen LogP contribution in [0.2, 0.25) is 0 Å². The van der Waals surface area contributed by atoms with E-state index in [1.807, 2.05) is 24.6 Å². The van der Waals surface area contributed by atoms with Gasteiger partial charge in [0.05, 0.1) is 13.1 Å². The van der Waals surface area contributed by atoms with Gasteiger partial charge in [0.1, 0.15) is 5.82 Å². The number of halogens is 1. The Hall–Kier alpha value is -1.68. The van der Waals surface area contributed by atoms with Crippen molar-refractivity contribution in [3.63, 3.8) is 0 Å². The summed E-state index contributed by atoms with van der Waals surface area (Å²) in [6, 6.07) is 11.6. The highest BCUT2D eigenvalue weighted by Gasteiger charge is 2.30. The molecule has 2 N–H and O–H groups in total. The first-order chi connectivity index (χ1) is 14.2. The Balaban J connectivity index is 0.00000256. The molecule has 2 aromatic rings. The molecule has 2 fully saturated rings. The quantitative estimate of drug-likeness (QED) is 0.346. The standard InChI is InChI=1S/C22H33N7.HI/c1-17-26-27-21(28(17)2)15-24-22(23-14-18-8-4-3-5-9-18)25-19-12-13-29(16-19)20-10-6-7-11-20;/h3-5,8-9,19-20H,6-7,10-16H2,1-2H3,(H2,23,24,25);1H. The number of guanidine groups is 1. The number of hydrogen-bond donors (Lipinski definition) is 2. The first kappa shape index (κ1) is 23.0. The summed E-state index contributed by atoms with van der Waals surface area (Å²) in [6.07, 6.45) is 6.69. The second-order valence-electron chi connectivity index (χ2n) is 8.29. The summed E-state index contributed by atoms with van der Waals surface area (Å²) in [5.74, 6) is 2.68. The number of aryl methyl sites for hydroxylation is 1. The molecule has 1 aromatic heterocycles. The molecule has 1 saturated heterocycles. The summed E-state index contributed by atoms with van der Waals surface area (Å²) < 4.78 is 2.01. The molecule has 1 aliphatic carbocycles. The number of benzene rings is 1. The third kappa shape index (κ3) is 5.94. The minimum atomic E-state index is 0. The van der Waals surface area contributed by atoms with Gasteiger partial charge in [0.15, 0.2) is 11.8 Å². The lowest BCUT2D eigenvalue weighted by molar-refractivity contribution is 0.242. The first-order valence-electron chi connectivity index (χ1n) is 10.9. The molecule has 1 aromatic carbocycles. The highest BCUT2D eigenvalue weighted by atomic mass is 127. The van der Waals surface area contributed by atoms with Gasteiger partial charge in [-0.25, -0.2) is 4.99 Å². The van der Waals surface area contributed by atoms with Crippen molar-refractivity contribution in [2.45, 2.75) is 64.2 Å². The number of rotatable bonds is 6. The molecular formula is C22H34IN7. The molecule has 1 unspecified atom stereocenters. The molecule has 7 nitrogen and oxygen atoms in total. The molecule has 0 radical (unpaired) electrons. The van der Waals surface area contributed by atoms with Crippen LogP contribution in [0.3, 0.4) is 0 Å². The van der Waals surface area contributed by atoms with Crippen LogP contribution in [0.5, 0.6) is 0 Å². The van der Waals surface area contributed by atoms with Crippen LogP contribution in [0.4, 0.5) is 0 Å². The third-order valence-corrected chi connectivity index (χ3v) is 6.26. The fourth-order valence-electron chi connectivity index (χ4n) is 4.37. The number of hydrogen-bond acceptors (Lipinski definition) is 4. The summed E-state index contributed by atoms with van der Waals surface area (Å²) in [4.78, 5) is 7.52. The molecule has 30 heavy (non-hydrogen) atoms. The number of nitrogens with one attached hydrogen (secondary N) is 2. The maximum absolute atomic E-state index is 4.85. The molecule has 8 heteroatoms. The average Bonchev–Trinajstić information content (AvgIpc) is 3.48. The SMILES string of the molecule is Cc1nnc(CNC(=NCc2ccccc2)NC2CCN(C3CCCC3)C2)n1C.I. The summed E-state index contributed by atoms with van der Waals surface area (Å²) in [6.45, 7) is 5.54. The topological polar surface area (TPSA) is 70.4 Å². The molecule has 2 aliphatic rings. The van der Waals surface area contributed by atoms with E-state index in [2.05, 4.69) is 50.0 Å². The van der Waals surface area contributed by atoms with Gasteiger partial charge < -0.3 is 15.2 Å². The summed E-state index contributed by atoms with van der Waals surface area (Å²) in [7, 11) is 2.00.